The summed E-state index contributed by atoms with van der Waals surface area (Å²) in [4.78, 5) is 11.7. The van der Waals surface area contributed by atoms with Crippen LogP contribution in [0.4, 0.5) is 20.6 Å². The van der Waals surface area contributed by atoms with Crippen LogP contribution in [0.3, 0.4) is 0 Å². The van der Waals surface area contributed by atoms with E-state index in [1.807, 2.05) is 22.6 Å². The minimum atomic E-state index is -0.439. The van der Waals surface area contributed by atoms with Crippen molar-refractivity contribution >= 4 is 51.6 Å². The molecule has 0 unspecified atom stereocenters. The van der Waals surface area contributed by atoms with Crippen LogP contribution < -0.4 is 10.6 Å². The molecule has 2 amide bonds. The summed E-state index contributed by atoms with van der Waals surface area (Å²) in [5, 5.41) is 5.80. The van der Waals surface area contributed by atoms with E-state index in [1.165, 1.54) is 12.1 Å². The smallest absolute Gasteiger partial charge is 0.308 e. The molecule has 0 aliphatic heterocycles. The van der Waals surface area contributed by atoms with Crippen LogP contribution in [0.2, 0.25) is 5.02 Å². The van der Waals surface area contributed by atoms with Crippen LogP contribution in [0, 0.1) is 9.39 Å². The highest BCUT2D eigenvalue weighted by molar-refractivity contribution is 14.1. The average molecular weight is 391 g/mol. The number of anilines is 2. The normalized spacial score (nSPS) is 10.1. The standard InChI is InChI=1S/C13H9ClFIN2O/c14-8-4-6-9(7-5-8)17-13(19)18-11-3-1-2-10(15)12(11)16/h1-7H,(H2,17,18,19). The lowest BCUT2D eigenvalue weighted by Gasteiger charge is -2.09. The fourth-order valence-electron chi connectivity index (χ4n) is 1.42. The van der Waals surface area contributed by atoms with Crippen molar-refractivity contribution in [2.45, 2.75) is 0 Å². The number of halogens is 3. The molecule has 6 heteroatoms. The summed E-state index contributed by atoms with van der Waals surface area (Å²) < 4.78 is 13.7. The zero-order chi connectivity index (χ0) is 13.8. The van der Waals surface area contributed by atoms with Gasteiger partial charge in [0.05, 0.1) is 9.26 Å². The number of nitrogens with one attached hydrogen (secondary N) is 2. The van der Waals surface area contributed by atoms with Crippen LogP contribution in [-0.4, -0.2) is 6.03 Å². The number of amides is 2. The SMILES string of the molecule is O=C(Nc1ccc(Cl)cc1)Nc1cccc(F)c1I. The summed E-state index contributed by atoms with van der Waals surface area (Å²) in [5.74, 6) is -0.370. The van der Waals surface area contributed by atoms with Gasteiger partial charge in [-0.05, 0) is 59.0 Å². The van der Waals surface area contributed by atoms with Gasteiger partial charge in [-0.1, -0.05) is 17.7 Å². The van der Waals surface area contributed by atoms with Crippen molar-refractivity contribution in [1.82, 2.24) is 0 Å². The Hall–Kier alpha value is -1.34. The van der Waals surface area contributed by atoms with E-state index in [0.29, 0.717) is 20.0 Å². The molecule has 0 aliphatic rings. The van der Waals surface area contributed by atoms with E-state index in [1.54, 1.807) is 30.3 Å². The van der Waals surface area contributed by atoms with E-state index < -0.39 is 6.03 Å². The van der Waals surface area contributed by atoms with E-state index >= 15 is 0 Å². The van der Waals surface area contributed by atoms with Gasteiger partial charge in [0, 0.05) is 10.7 Å². The molecule has 2 aromatic rings. The molecule has 0 aliphatic carbocycles. The van der Waals surface area contributed by atoms with Gasteiger partial charge in [-0.15, -0.1) is 0 Å². The lowest BCUT2D eigenvalue weighted by Crippen LogP contribution is -2.20. The Balaban J connectivity index is 2.05. The van der Waals surface area contributed by atoms with Gasteiger partial charge in [0.25, 0.3) is 0 Å². The second-order valence-corrected chi connectivity index (χ2v) is 5.20. The van der Waals surface area contributed by atoms with E-state index in [2.05, 4.69) is 10.6 Å². The summed E-state index contributed by atoms with van der Waals surface area (Å²) in [7, 11) is 0. The molecule has 2 aromatic carbocycles. The summed E-state index contributed by atoms with van der Waals surface area (Å²) in [6.07, 6.45) is 0. The Labute approximate surface area is 128 Å². The van der Waals surface area contributed by atoms with Crippen LogP contribution >= 0.6 is 34.2 Å². The third-order valence-corrected chi connectivity index (χ3v) is 3.65. The maximum absolute atomic E-state index is 13.3. The van der Waals surface area contributed by atoms with Gasteiger partial charge in [0.15, 0.2) is 0 Å². The third-order valence-electron chi connectivity index (χ3n) is 2.30. The second-order valence-electron chi connectivity index (χ2n) is 3.69. The van der Waals surface area contributed by atoms with Crippen molar-refractivity contribution in [3.63, 3.8) is 0 Å². The number of urea groups is 1. The van der Waals surface area contributed by atoms with Crippen LogP contribution in [0.5, 0.6) is 0 Å². The first kappa shape index (κ1) is 14.1. The van der Waals surface area contributed by atoms with Gasteiger partial charge < -0.3 is 10.6 Å². The van der Waals surface area contributed by atoms with Gasteiger partial charge in [-0.3, -0.25) is 0 Å². The molecule has 0 aromatic heterocycles. The van der Waals surface area contributed by atoms with Crippen molar-refractivity contribution < 1.29 is 9.18 Å². The molecule has 0 saturated heterocycles. The van der Waals surface area contributed by atoms with Gasteiger partial charge >= 0.3 is 6.03 Å². The van der Waals surface area contributed by atoms with E-state index in [0.717, 1.165) is 0 Å². The molecule has 0 atom stereocenters. The maximum Gasteiger partial charge on any atom is 0.323 e. The first-order valence-corrected chi connectivity index (χ1v) is 6.79. The molecule has 2 rings (SSSR count). The summed E-state index contributed by atoms with van der Waals surface area (Å²) in [6.45, 7) is 0. The molecular weight excluding hydrogens is 382 g/mol. The number of carbonyl (C=O) groups is 1. The number of benzene rings is 2. The second kappa shape index (κ2) is 6.21. The Morgan fingerprint density at radius 1 is 1.11 bits per heavy atom. The largest absolute Gasteiger partial charge is 0.323 e. The zero-order valence-electron chi connectivity index (χ0n) is 9.58. The Bertz CT molecular complexity index is 604. The molecule has 0 saturated carbocycles. The predicted molar refractivity (Wildman–Crippen MR) is 83.2 cm³/mol. The predicted octanol–water partition coefficient (Wildman–Crippen LogP) is 4.73. The molecule has 19 heavy (non-hydrogen) atoms. The van der Waals surface area contributed by atoms with Crippen LogP contribution in [0.15, 0.2) is 42.5 Å². The topological polar surface area (TPSA) is 41.1 Å². The Kier molecular flexibility index (Phi) is 4.60. The minimum Gasteiger partial charge on any atom is -0.308 e. The minimum absolute atomic E-state index is 0.367. The molecule has 0 heterocycles. The van der Waals surface area contributed by atoms with Gasteiger partial charge in [-0.2, -0.15) is 0 Å². The maximum atomic E-state index is 13.3. The number of rotatable bonds is 2. The van der Waals surface area contributed by atoms with Crippen molar-refractivity contribution in [2.75, 3.05) is 10.6 Å². The lowest BCUT2D eigenvalue weighted by atomic mass is 10.3. The summed E-state index contributed by atoms with van der Waals surface area (Å²) in [5.41, 5.74) is 1.03. The van der Waals surface area contributed by atoms with Gasteiger partial charge in [-0.25, -0.2) is 9.18 Å². The number of hydrogen-bond acceptors (Lipinski definition) is 1. The molecular formula is C13H9ClFIN2O. The molecule has 0 bridgehead atoms. The fraction of sp³-hybridized carbons (Fsp3) is 0. The Morgan fingerprint density at radius 3 is 2.47 bits per heavy atom. The highest BCUT2D eigenvalue weighted by atomic mass is 127. The first-order chi connectivity index (χ1) is 9.06. The van der Waals surface area contributed by atoms with E-state index in [4.69, 9.17) is 11.6 Å². The highest BCUT2D eigenvalue weighted by Crippen LogP contribution is 2.21. The fourth-order valence-corrected chi connectivity index (χ4v) is 2.04. The van der Waals surface area contributed by atoms with Crippen LogP contribution in [0.1, 0.15) is 0 Å². The van der Waals surface area contributed by atoms with Gasteiger partial charge in [0.2, 0.25) is 0 Å². The average Bonchev–Trinajstić information content (AvgIpc) is 2.38. The lowest BCUT2D eigenvalue weighted by molar-refractivity contribution is 0.262. The molecule has 3 nitrogen and oxygen atoms in total. The number of hydrogen-bond donors (Lipinski definition) is 2. The highest BCUT2D eigenvalue weighted by Gasteiger charge is 2.08. The van der Waals surface area contributed by atoms with Crippen molar-refractivity contribution in [3.8, 4) is 0 Å². The van der Waals surface area contributed by atoms with E-state index in [-0.39, 0.29) is 5.82 Å². The van der Waals surface area contributed by atoms with Crippen LogP contribution in [-0.2, 0) is 0 Å². The molecule has 2 N–H and O–H groups in total. The van der Waals surface area contributed by atoms with Gasteiger partial charge in [0.1, 0.15) is 5.82 Å². The molecule has 0 spiro atoms. The quantitative estimate of drug-likeness (QED) is 0.715. The van der Waals surface area contributed by atoms with Crippen molar-refractivity contribution in [1.29, 1.82) is 0 Å². The third kappa shape index (κ3) is 3.81. The monoisotopic (exact) mass is 390 g/mol. The van der Waals surface area contributed by atoms with E-state index in [9.17, 15) is 9.18 Å². The van der Waals surface area contributed by atoms with Crippen molar-refractivity contribution in [2.24, 2.45) is 0 Å². The summed E-state index contributed by atoms with van der Waals surface area (Å²) >= 11 is 7.58. The molecule has 0 radical (unpaired) electrons. The number of carbonyl (C=O) groups excluding carboxylic acids is 1. The zero-order valence-corrected chi connectivity index (χ0v) is 12.5. The Morgan fingerprint density at radius 2 is 1.79 bits per heavy atom. The molecule has 98 valence electrons. The molecule has 0 fully saturated rings. The first-order valence-electron chi connectivity index (χ1n) is 5.34. The van der Waals surface area contributed by atoms with Crippen molar-refractivity contribution in [3.05, 3.63) is 56.9 Å². The summed E-state index contributed by atoms with van der Waals surface area (Å²) in [6, 6.07) is 10.8. The van der Waals surface area contributed by atoms with Crippen LogP contribution in [0.25, 0.3) is 0 Å².